The van der Waals surface area contributed by atoms with Crippen LogP contribution in [-0.4, -0.2) is 31.0 Å². The number of hydrogen-bond donors (Lipinski definition) is 2. The molecule has 3 aromatic rings. The van der Waals surface area contributed by atoms with Gasteiger partial charge in [0.05, 0.1) is 11.4 Å². The average Bonchev–Trinajstić information content (AvgIpc) is 2.69. The third-order valence-corrected chi connectivity index (χ3v) is 4.79. The second-order valence-corrected chi connectivity index (χ2v) is 8.02. The highest BCUT2D eigenvalue weighted by molar-refractivity contribution is 14.1. The first-order valence-corrected chi connectivity index (χ1v) is 10.2. The summed E-state index contributed by atoms with van der Waals surface area (Å²) in [6, 6.07) is 12.4. The van der Waals surface area contributed by atoms with Gasteiger partial charge in [0.25, 0.3) is 5.91 Å². The highest BCUT2D eigenvalue weighted by Crippen LogP contribution is 2.35. The third-order valence-electron chi connectivity index (χ3n) is 4.12. The molecule has 0 unspecified atom stereocenters. The van der Waals surface area contributed by atoms with Crippen LogP contribution in [0, 0.1) is 15.2 Å². The van der Waals surface area contributed by atoms with Gasteiger partial charge in [-0.1, -0.05) is 6.07 Å². The summed E-state index contributed by atoms with van der Waals surface area (Å²) in [5.41, 5.74) is 5.30. The predicted molar refractivity (Wildman–Crippen MR) is 124 cm³/mol. The molecule has 0 aliphatic heterocycles. The summed E-state index contributed by atoms with van der Waals surface area (Å²) in [5, 5.41) is 2.69. The summed E-state index contributed by atoms with van der Waals surface area (Å²) in [7, 11) is 3.05. The zero-order valence-corrected chi connectivity index (χ0v) is 19.1. The molecular formula is C22H18F2IN3O4. The standard InChI is InChI=1S/C22H18F2IN3O4/c1-28(2)22(30)32-15-5-3-4-14(11-15)31-19-9-12(23)8-18(20(19)21(26)29)27-17-7-6-13(25)10-16(17)24/h3-11,27H,1-2H3,(H2,26,29). The third kappa shape index (κ3) is 5.63. The Hall–Kier alpha value is -3.41. The number of carbonyl (C=O) groups excluding carboxylic acids is 2. The van der Waals surface area contributed by atoms with Crippen molar-refractivity contribution in [2.24, 2.45) is 5.73 Å². The fourth-order valence-electron chi connectivity index (χ4n) is 2.67. The largest absolute Gasteiger partial charge is 0.456 e. The number of nitrogens with two attached hydrogens (primary N) is 1. The Balaban J connectivity index is 1.97. The van der Waals surface area contributed by atoms with Gasteiger partial charge in [0, 0.05) is 29.8 Å². The Morgan fingerprint density at radius 1 is 1.00 bits per heavy atom. The normalized spacial score (nSPS) is 10.4. The Morgan fingerprint density at radius 2 is 1.72 bits per heavy atom. The van der Waals surface area contributed by atoms with Gasteiger partial charge in [0.2, 0.25) is 0 Å². The predicted octanol–water partition coefficient (Wildman–Crippen LogP) is 5.26. The number of rotatable bonds is 6. The highest BCUT2D eigenvalue weighted by Gasteiger charge is 2.20. The van der Waals surface area contributed by atoms with Crippen molar-refractivity contribution in [2.75, 3.05) is 19.4 Å². The van der Waals surface area contributed by atoms with E-state index >= 15 is 0 Å². The van der Waals surface area contributed by atoms with E-state index in [0.29, 0.717) is 3.57 Å². The Labute approximate surface area is 196 Å². The van der Waals surface area contributed by atoms with Crippen molar-refractivity contribution in [1.29, 1.82) is 0 Å². The maximum atomic E-state index is 14.3. The molecule has 7 nitrogen and oxygen atoms in total. The number of carbonyl (C=O) groups is 2. The monoisotopic (exact) mass is 553 g/mol. The zero-order chi connectivity index (χ0) is 23.4. The molecule has 0 heterocycles. The molecule has 0 aliphatic carbocycles. The van der Waals surface area contributed by atoms with Crippen molar-refractivity contribution in [3.05, 3.63) is 75.4 Å². The number of nitrogens with zero attached hydrogens (tertiary/aromatic N) is 1. The van der Waals surface area contributed by atoms with E-state index in [0.717, 1.165) is 12.1 Å². The maximum Gasteiger partial charge on any atom is 0.414 e. The van der Waals surface area contributed by atoms with Crippen molar-refractivity contribution < 1.29 is 27.8 Å². The quantitative estimate of drug-likeness (QED) is 0.406. The summed E-state index contributed by atoms with van der Waals surface area (Å²) in [6.07, 6.45) is -0.600. The van der Waals surface area contributed by atoms with E-state index in [2.05, 4.69) is 5.32 Å². The summed E-state index contributed by atoms with van der Waals surface area (Å²) in [5.74, 6) is -2.10. The van der Waals surface area contributed by atoms with E-state index in [1.165, 1.54) is 49.3 Å². The summed E-state index contributed by atoms with van der Waals surface area (Å²) in [6.45, 7) is 0. The molecule has 0 fully saturated rings. The molecule has 0 aliphatic rings. The summed E-state index contributed by atoms with van der Waals surface area (Å²) in [4.78, 5) is 25.2. The number of nitrogens with one attached hydrogen (secondary N) is 1. The molecule has 0 atom stereocenters. The number of hydrogen-bond acceptors (Lipinski definition) is 5. The first-order chi connectivity index (χ1) is 15.1. The fraction of sp³-hybridized carbons (Fsp3) is 0.0909. The average molecular weight is 553 g/mol. The van der Waals surface area contributed by atoms with Crippen LogP contribution in [0.5, 0.6) is 17.2 Å². The van der Waals surface area contributed by atoms with Gasteiger partial charge in [-0.25, -0.2) is 13.6 Å². The molecule has 0 saturated heterocycles. The molecule has 2 amide bonds. The Bertz CT molecular complexity index is 1190. The van der Waals surface area contributed by atoms with Crippen LogP contribution in [0.25, 0.3) is 0 Å². The molecule has 3 aromatic carbocycles. The number of ether oxygens (including phenoxy) is 2. The number of halogens is 3. The first kappa shape index (κ1) is 23.3. The fourth-order valence-corrected chi connectivity index (χ4v) is 3.12. The van der Waals surface area contributed by atoms with Crippen LogP contribution in [-0.2, 0) is 0 Å². The molecule has 0 aromatic heterocycles. The van der Waals surface area contributed by atoms with Gasteiger partial charge in [-0.15, -0.1) is 0 Å². The molecule has 32 heavy (non-hydrogen) atoms. The minimum atomic E-state index is -0.913. The van der Waals surface area contributed by atoms with Crippen LogP contribution in [0.3, 0.4) is 0 Å². The number of amides is 2. The van der Waals surface area contributed by atoms with E-state index in [9.17, 15) is 18.4 Å². The van der Waals surface area contributed by atoms with E-state index in [1.54, 1.807) is 12.1 Å². The van der Waals surface area contributed by atoms with Crippen LogP contribution in [0.4, 0.5) is 25.0 Å². The van der Waals surface area contributed by atoms with Crippen molar-refractivity contribution in [3.63, 3.8) is 0 Å². The van der Waals surface area contributed by atoms with Gasteiger partial charge in [0.15, 0.2) is 0 Å². The molecule has 0 saturated carbocycles. The van der Waals surface area contributed by atoms with Crippen molar-refractivity contribution in [1.82, 2.24) is 4.90 Å². The number of benzene rings is 3. The molecule has 0 bridgehead atoms. The van der Waals surface area contributed by atoms with Gasteiger partial charge in [0.1, 0.15) is 34.4 Å². The lowest BCUT2D eigenvalue weighted by Crippen LogP contribution is -2.25. The Morgan fingerprint density at radius 3 is 2.38 bits per heavy atom. The lowest BCUT2D eigenvalue weighted by atomic mass is 10.1. The SMILES string of the molecule is CN(C)C(=O)Oc1cccc(Oc2cc(F)cc(Nc3ccc(I)cc3F)c2C(N)=O)c1. The smallest absolute Gasteiger partial charge is 0.414 e. The van der Waals surface area contributed by atoms with Crippen LogP contribution >= 0.6 is 22.6 Å². The van der Waals surface area contributed by atoms with Crippen molar-refractivity contribution in [2.45, 2.75) is 0 Å². The van der Waals surface area contributed by atoms with Gasteiger partial charge in [-0.05, 0) is 59.0 Å². The molecule has 10 heteroatoms. The van der Waals surface area contributed by atoms with Gasteiger partial charge in [-0.3, -0.25) is 4.79 Å². The highest BCUT2D eigenvalue weighted by atomic mass is 127. The summed E-state index contributed by atoms with van der Waals surface area (Å²) >= 11 is 1.95. The topological polar surface area (TPSA) is 93.9 Å². The van der Waals surface area contributed by atoms with Crippen LogP contribution < -0.4 is 20.5 Å². The zero-order valence-electron chi connectivity index (χ0n) is 17.0. The molecule has 0 spiro atoms. The lowest BCUT2D eigenvalue weighted by molar-refractivity contribution is 0.0999. The Kier molecular flexibility index (Phi) is 7.13. The molecular weight excluding hydrogens is 535 g/mol. The number of anilines is 2. The van der Waals surface area contributed by atoms with E-state index in [4.69, 9.17) is 15.2 Å². The molecule has 3 N–H and O–H groups in total. The minimum Gasteiger partial charge on any atom is -0.456 e. The van der Waals surface area contributed by atoms with Gasteiger partial charge in [-0.2, -0.15) is 0 Å². The van der Waals surface area contributed by atoms with E-state index in [1.807, 2.05) is 22.6 Å². The van der Waals surface area contributed by atoms with E-state index in [-0.39, 0.29) is 34.2 Å². The van der Waals surface area contributed by atoms with Gasteiger partial charge >= 0.3 is 6.09 Å². The van der Waals surface area contributed by atoms with Crippen molar-refractivity contribution in [3.8, 4) is 17.2 Å². The summed E-state index contributed by atoms with van der Waals surface area (Å²) < 4.78 is 40.1. The van der Waals surface area contributed by atoms with Crippen LogP contribution in [0.2, 0.25) is 0 Å². The maximum absolute atomic E-state index is 14.3. The molecule has 166 valence electrons. The lowest BCUT2D eigenvalue weighted by Gasteiger charge is -2.16. The minimum absolute atomic E-state index is 0.0297. The molecule has 0 radical (unpaired) electrons. The van der Waals surface area contributed by atoms with Gasteiger partial charge < -0.3 is 25.4 Å². The molecule has 3 rings (SSSR count). The second-order valence-electron chi connectivity index (χ2n) is 6.78. The van der Waals surface area contributed by atoms with Crippen LogP contribution in [0.15, 0.2) is 54.6 Å². The van der Waals surface area contributed by atoms with Crippen LogP contribution in [0.1, 0.15) is 10.4 Å². The first-order valence-electron chi connectivity index (χ1n) is 9.16. The van der Waals surface area contributed by atoms with E-state index < -0.39 is 23.6 Å². The van der Waals surface area contributed by atoms with Crippen molar-refractivity contribution >= 4 is 46.0 Å². The second kappa shape index (κ2) is 9.81. The number of primary amides is 1.